The van der Waals surface area contributed by atoms with Crippen LogP contribution in [0.2, 0.25) is 5.02 Å². The standard InChI is InChI=1S/C23H19BrClNO3/c1-29-21-22(27)26(14-15-7-5-10-17(25)13-15)19-12-6-11-18(24)20(19)23(21,28)16-8-3-2-4-9-16/h2-13,21,28H,14H2,1H3. The molecule has 148 valence electrons. The lowest BCUT2D eigenvalue weighted by Gasteiger charge is -2.45. The molecular formula is C23H19BrClNO3. The highest BCUT2D eigenvalue weighted by atomic mass is 79.9. The van der Waals surface area contributed by atoms with Crippen LogP contribution in [-0.2, 0) is 21.7 Å². The van der Waals surface area contributed by atoms with Crippen molar-refractivity contribution in [3.05, 3.63) is 99.0 Å². The molecule has 3 aromatic carbocycles. The van der Waals surface area contributed by atoms with Gasteiger partial charge < -0.3 is 14.7 Å². The summed E-state index contributed by atoms with van der Waals surface area (Å²) in [5.74, 6) is -0.315. The third-order valence-electron chi connectivity index (χ3n) is 5.21. The number of fused-ring (bicyclic) bond motifs is 1. The number of hydrogen-bond acceptors (Lipinski definition) is 3. The molecular weight excluding hydrogens is 454 g/mol. The third kappa shape index (κ3) is 3.38. The number of halogens is 2. The van der Waals surface area contributed by atoms with Gasteiger partial charge in [-0.15, -0.1) is 0 Å². The molecule has 1 heterocycles. The number of hydrogen-bond donors (Lipinski definition) is 1. The van der Waals surface area contributed by atoms with Crippen LogP contribution < -0.4 is 4.90 Å². The van der Waals surface area contributed by atoms with Gasteiger partial charge in [-0.1, -0.05) is 76.1 Å². The Bertz CT molecular complexity index is 1060. The van der Waals surface area contributed by atoms with Gasteiger partial charge in [0.2, 0.25) is 0 Å². The van der Waals surface area contributed by atoms with E-state index in [0.717, 1.165) is 5.56 Å². The first-order valence-electron chi connectivity index (χ1n) is 9.12. The molecule has 4 nitrogen and oxygen atoms in total. The third-order valence-corrected chi connectivity index (χ3v) is 6.11. The van der Waals surface area contributed by atoms with Crippen LogP contribution in [0.4, 0.5) is 5.69 Å². The number of carbonyl (C=O) groups excluding carboxylic acids is 1. The average Bonchev–Trinajstić information content (AvgIpc) is 2.72. The van der Waals surface area contributed by atoms with Gasteiger partial charge in [-0.05, 0) is 35.4 Å². The first kappa shape index (κ1) is 20.1. The normalized spacial score (nSPS) is 21.2. The molecule has 0 saturated heterocycles. The van der Waals surface area contributed by atoms with Gasteiger partial charge in [-0.3, -0.25) is 4.79 Å². The van der Waals surface area contributed by atoms with Crippen LogP contribution in [0.5, 0.6) is 0 Å². The fourth-order valence-electron chi connectivity index (χ4n) is 3.93. The predicted octanol–water partition coefficient (Wildman–Crippen LogP) is 4.90. The van der Waals surface area contributed by atoms with Gasteiger partial charge in [0.1, 0.15) is 0 Å². The molecule has 0 fully saturated rings. The number of ether oxygens (including phenoxy) is 1. The second-order valence-corrected chi connectivity index (χ2v) is 8.23. The van der Waals surface area contributed by atoms with E-state index >= 15 is 0 Å². The van der Waals surface area contributed by atoms with E-state index in [4.69, 9.17) is 16.3 Å². The quantitative estimate of drug-likeness (QED) is 0.587. The van der Waals surface area contributed by atoms with Crippen LogP contribution in [-0.4, -0.2) is 24.2 Å². The topological polar surface area (TPSA) is 49.8 Å². The molecule has 6 heteroatoms. The fraction of sp³-hybridized carbons (Fsp3) is 0.174. The van der Waals surface area contributed by atoms with Gasteiger partial charge in [-0.2, -0.15) is 0 Å². The van der Waals surface area contributed by atoms with Gasteiger partial charge in [0, 0.05) is 22.2 Å². The molecule has 0 aromatic heterocycles. The van der Waals surface area contributed by atoms with Crippen molar-refractivity contribution in [2.24, 2.45) is 0 Å². The van der Waals surface area contributed by atoms with E-state index in [0.29, 0.717) is 32.9 Å². The van der Waals surface area contributed by atoms with Crippen molar-refractivity contribution in [2.45, 2.75) is 18.2 Å². The molecule has 0 saturated carbocycles. The van der Waals surface area contributed by atoms with Crippen molar-refractivity contribution in [3.8, 4) is 0 Å². The van der Waals surface area contributed by atoms with Crippen molar-refractivity contribution in [3.63, 3.8) is 0 Å². The van der Waals surface area contributed by atoms with Crippen molar-refractivity contribution in [1.29, 1.82) is 0 Å². The summed E-state index contributed by atoms with van der Waals surface area (Å²) in [5.41, 5.74) is 1.07. The highest BCUT2D eigenvalue weighted by Gasteiger charge is 2.53. The first-order chi connectivity index (χ1) is 14.0. The van der Waals surface area contributed by atoms with Gasteiger partial charge >= 0.3 is 0 Å². The molecule has 3 aromatic rings. The largest absolute Gasteiger partial charge is 0.377 e. The lowest BCUT2D eigenvalue weighted by molar-refractivity contribution is -0.145. The number of nitrogens with zero attached hydrogens (tertiary/aromatic N) is 1. The van der Waals surface area contributed by atoms with Crippen molar-refractivity contribution in [1.82, 2.24) is 0 Å². The highest BCUT2D eigenvalue weighted by Crippen LogP contribution is 2.48. The summed E-state index contributed by atoms with van der Waals surface area (Å²) in [6, 6.07) is 22.0. The number of anilines is 1. The molecule has 29 heavy (non-hydrogen) atoms. The molecule has 4 rings (SSSR count). The summed E-state index contributed by atoms with van der Waals surface area (Å²) in [7, 11) is 1.44. The molecule has 1 N–H and O–H groups in total. The van der Waals surface area contributed by atoms with Crippen LogP contribution in [0.15, 0.2) is 77.3 Å². The zero-order valence-electron chi connectivity index (χ0n) is 15.7. The van der Waals surface area contributed by atoms with Crippen LogP contribution in [0.1, 0.15) is 16.7 Å². The minimum absolute atomic E-state index is 0.313. The maximum Gasteiger partial charge on any atom is 0.260 e. The van der Waals surface area contributed by atoms with Gasteiger partial charge in [0.15, 0.2) is 11.7 Å². The van der Waals surface area contributed by atoms with E-state index in [1.54, 1.807) is 23.1 Å². The molecule has 0 radical (unpaired) electrons. The number of carbonyl (C=O) groups is 1. The minimum atomic E-state index is -1.63. The SMILES string of the molecule is COC1C(=O)N(Cc2cccc(Cl)c2)c2cccc(Br)c2C1(O)c1ccccc1. The Morgan fingerprint density at radius 1 is 1.10 bits per heavy atom. The zero-order valence-corrected chi connectivity index (χ0v) is 18.0. The van der Waals surface area contributed by atoms with E-state index in [9.17, 15) is 9.90 Å². The second-order valence-electron chi connectivity index (χ2n) is 6.94. The summed E-state index contributed by atoms with van der Waals surface area (Å²) in [4.78, 5) is 15.1. The van der Waals surface area contributed by atoms with E-state index in [1.807, 2.05) is 54.6 Å². The summed E-state index contributed by atoms with van der Waals surface area (Å²) in [5, 5.41) is 12.5. The minimum Gasteiger partial charge on any atom is -0.377 e. The zero-order chi connectivity index (χ0) is 20.6. The maximum absolute atomic E-state index is 13.5. The number of rotatable bonds is 4. The summed E-state index contributed by atoms with van der Waals surface area (Å²) in [6.07, 6.45) is -1.10. The van der Waals surface area contributed by atoms with E-state index in [2.05, 4.69) is 15.9 Å². The number of methoxy groups -OCH3 is 1. The smallest absolute Gasteiger partial charge is 0.260 e. The Balaban J connectivity index is 1.92. The van der Waals surface area contributed by atoms with Gasteiger partial charge in [0.25, 0.3) is 5.91 Å². The van der Waals surface area contributed by atoms with Gasteiger partial charge in [0.05, 0.1) is 12.2 Å². The Kier molecular flexibility index (Phi) is 5.49. The average molecular weight is 473 g/mol. The number of benzene rings is 3. The van der Waals surface area contributed by atoms with Crippen LogP contribution in [0.25, 0.3) is 0 Å². The Morgan fingerprint density at radius 3 is 2.52 bits per heavy atom. The summed E-state index contributed by atoms with van der Waals surface area (Å²) < 4.78 is 6.29. The molecule has 0 aliphatic carbocycles. The van der Waals surface area contributed by atoms with Gasteiger partial charge in [-0.25, -0.2) is 0 Å². The number of amides is 1. The van der Waals surface area contributed by atoms with E-state index in [1.165, 1.54) is 7.11 Å². The maximum atomic E-state index is 13.5. The predicted molar refractivity (Wildman–Crippen MR) is 117 cm³/mol. The van der Waals surface area contributed by atoms with Crippen LogP contribution in [0.3, 0.4) is 0 Å². The number of aliphatic hydroxyl groups is 1. The van der Waals surface area contributed by atoms with E-state index < -0.39 is 11.7 Å². The Hall–Kier alpha value is -2.18. The van der Waals surface area contributed by atoms with Crippen LogP contribution in [0, 0.1) is 0 Å². The first-order valence-corrected chi connectivity index (χ1v) is 10.3. The molecule has 2 unspecified atom stereocenters. The second kappa shape index (κ2) is 7.92. The van der Waals surface area contributed by atoms with E-state index in [-0.39, 0.29) is 5.91 Å². The van der Waals surface area contributed by atoms with Crippen LogP contribution >= 0.6 is 27.5 Å². The molecule has 0 spiro atoms. The lowest BCUT2D eigenvalue weighted by atomic mass is 9.77. The van der Waals surface area contributed by atoms with Crippen molar-refractivity contribution >= 4 is 39.1 Å². The summed E-state index contributed by atoms with van der Waals surface area (Å²) >= 11 is 9.71. The Labute approximate surface area is 182 Å². The highest BCUT2D eigenvalue weighted by molar-refractivity contribution is 9.10. The summed E-state index contributed by atoms with van der Waals surface area (Å²) in [6.45, 7) is 0.313. The molecule has 1 aliphatic heterocycles. The fourth-order valence-corrected chi connectivity index (χ4v) is 4.80. The molecule has 2 atom stereocenters. The Morgan fingerprint density at radius 2 is 1.83 bits per heavy atom. The molecule has 1 aliphatic rings. The lowest BCUT2D eigenvalue weighted by Crippen LogP contribution is -2.57. The molecule has 0 bridgehead atoms. The van der Waals surface area contributed by atoms with Crippen molar-refractivity contribution < 1.29 is 14.6 Å². The molecule has 1 amide bonds. The monoisotopic (exact) mass is 471 g/mol. The van der Waals surface area contributed by atoms with Crippen molar-refractivity contribution in [2.75, 3.05) is 12.0 Å².